The molecule has 0 atom stereocenters. The molecule has 19 heavy (non-hydrogen) atoms. The molecule has 0 fully saturated rings. The molecule has 0 saturated carbocycles. The van der Waals surface area contributed by atoms with Gasteiger partial charge in [0.1, 0.15) is 0 Å². The van der Waals surface area contributed by atoms with Crippen LogP contribution in [0.1, 0.15) is 19.4 Å². The molecule has 0 aliphatic heterocycles. The number of carbonyl (C=O) groups is 3. The predicted octanol–water partition coefficient (Wildman–Crippen LogP) is 2.32. The third-order valence-corrected chi connectivity index (χ3v) is 2.01. The summed E-state index contributed by atoms with van der Waals surface area (Å²) in [7, 11) is 0. The van der Waals surface area contributed by atoms with Gasteiger partial charge in [-0.2, -0.15) is 0 Å². The molecule has 0 N–H and O–H groups in total. The van der Waals surface area contributed by atoms with E-state index in [9.17, 15) is 14.4 Å². The fourth-order valence-corrected chi connectivity index (χ4v) is 1.33. The van der Waals surface area contributed by atoms with Crippen LogP contribution in [0.15, 0.2) is 24.3 Å². The maximum atomic E-state index is 11.0. The van der Waals surface area contributed by atoms with E-state index in [1.807, 2.05) is 0 Å². The van der Waals surface area contributed by atoms with Gasteiger partial charge in [0, 0.05) is 13.8 Å². The highest BCUT2D eigenvalue weighted by Crippen LogP contribution is 2.29. The summed E-state index contributed by atoms with van der Waals surface area (Å²) in [5, 5.41) is -0.627. The first kappa shape index (κ1) is 14.9. The summed E-state index contributed by atoms with van der Waals surface area (Å²) >= 11 is 5.17. The minimum absolute atomic E-state index is 0.0897. The number of allylic oxidation sites excluding steroid dienone is 1. The summed E-state index contributed by atoms with van der Waals surface area (Å²) in [4.78, 5) is 32.5. The zero-order valence-electron chi connectivity index (χ0n) is 10.3. The van der Waals surface area contributed by atoms with Crippen LogP contribution < -0.4 is 9.47 Å². The largest absolute Gasteiger partial charge is 0.423 e. The fraction of sp³-hybridized carbons (Fsp3) is 0.154. The second-order valence-corrected chi connectivity index (χ2v) is 3.90. The molecule has 6 heteroatoms. The summed E-state index contributed by atoms with van der Waals surface area (Å²) in [6.45, 7) is 2.46. The minimum atomic E-state index is -0.627. The first-order chi connectivity index (χ1) is 8.88. The average molecular weight is 283 g/mol. The van der Waals surface area contributed by atoms with Crippen molar-refractivity contribution in [3.05, 3.63) is 29.8 Å². The molecule has 100 valence electrons. The highest BCUT2D eigenvalue weighted by atomic mass is 35.5. The van der Waals surface area contributed by atoms with Crippen LogP contribution in [0.2, 0.25) is 0 Å². The van der Waals surface area contributed by atoms with E-state index in [0.29, 0.717) is 5.56 Å². The van der Waals surface area contributed by atoms with Crippen LogP contribution in [0.25, 0.3) is 6.08 Å². The fourth-order valence-electron chi connectivity index (χ4n) is 1.26. The molecule has 0 aliphatic rings. The van der Waals surface area contributed by atoms with Crippen molar-refractivity contribution in [3.8, 4) is 11.5 Å². The summed E-state index contributed by atoms with van der Waals surface area (Å²) in [5.74, 6) is -0.875. The molecule has 0 spiro atoms. The van der Waals surface area contributed by atoms with Crippen molar-refractivity contribution >= 4 is 34.9 Å². The van der Waals surface area contributed by atoms with Crippen molar-refractivity contribution in [3.63, 3.8) is 0 Å². The molecular formula is C13H11ClO5. The van der Waals surface area contributed by atoms with Crippen molar-refractivity contribution < 1.29 is 23.9 Å². The summed E-state index contributed by atoms with van der Waals surface area (Å²) in [6, 6.07) is 4.50. The maximum absolute atomic E-state index is 11.0. The van der Waals surface area contributed by atoms with Crippen molar-refractivity contribution in [2.75, 3.05) is 0 Å². The molecule has 0 saturated heterocycles. The number of halogens is 1. The highest BCUT2D eigenvalue weighted by molar-refractivity contribution is 6.66. The minimum Gasteiger partial charge on any atom is -0.423 e. The predicted molar refractivity (Wildman–Crippen MR) is 69.0 cm³/mol. The molecular weight excluding hydrogens is 272 g/mol. The lowest BCUT2D eigenvalue weighted by molar-refractivity contribution is -0.134. The van der Waals surface area contributed by atoms with Gasteiger partial charge in [-0.25, -0.2) is 0 Å². The topological polar surface area (TPSA) is 69.7 Å². The quantitative estimate of drug-likeness (QED) is 0.367. The highest BCUT2D eigenvalue weighted by Gasteiger charge is 2.10. The molecule has 1 aromatic carbocycles. The molecule has 0 amide bonds. The Balaban J connectivity index is 3.10. The molecule has 1 rings (SSSR count). The Kier molecular flexibility index (Phi) is 5.26. The number of hydrogen-bond acceptors (Lipinski definition) is 5. The van der Waals surface area contributed by atoms with Crippen LogP contribution in [0.5, 0.6) is 11.5 Å². The standard InChI is InChI=1S/C13H11ClO5/c1-8(15)18-11-5-3-10(4-6-13(14)17)7-12(11)19-9(2)16/h3-7H,1-2H3/b6-4+. The Morgan fingerprint density at radius 2 is 1.63 bits per heavy atom. The van der Waals surface area contributed by atoms with E-state index in [2.05, 4.69) is 0 Å². The number of benzene rings is 1. The van der Waals surface area contributed by atoms with Gasteiger partial charge in [-0.15, -0.1) is 0 Å². The van der Waals surface area contributed by atoms with Gasteiger partial charge in [0.05, 0.1) is 0 Å². The lowest BCUT2D eigenvalue weighted by atomic mass is 10.2. The monoisotopic (exact) mass is 282 g/mol. The van der Waals surface area contributed by atoms with Gasteiger partial charge in [0.25, 0.3) is 0 Å². The average Bonchev–Trinajstić information content (AvgIpc) is 2.28. The molecule has 0 unspecified atom stereocenters. The van der Waals surface area contributed by atoms with Crippen molar-refractivity contribution in [2.45, 2.75) is 13.8 Å². The van der Waals surface area contributed by atoms with E-state index >= 15 is 0 Å². The van der Waals surface area contributed by atoms with Crippen molar-refractivity contribution in [1.29, 1.82) is 0 Å². The Morgan fingerprint density at radius 1 is 1.05 bits per heavy atom. The van der Waals surface area contributed by atoms with Crippen LogP contribution in [0.3, 0.4) is 0 Å². The van der Waals surface area contributed by atoms with E-state index in [0.717, 1.165) is 6.08 Å². The van der Waals surface area contributed by atoms with E-state index in [1.54, 1.807) is 6.07 Å². The summed E-state index contributed by atoms with van der Waals surface area (Å²) in [6.07, 6.45) is 2.60. The molecule has 1 aromatic rings. The number of esters is 2. The third-order valence-electron chi connectivity index (χ3n) is 1.88. The van der Waals surface area contributed by atoms with Crippen LogP contribution >= 0.6 is 11.6 Å². The van der Waals surface area contributed by atoms with Gasteiger partial charge in [-0.3, -0.25) is 14.4 Å². The Hall–Kier alpha value is -2.14. The second-order valence-electron chi connectivity index (χ2n) is 3.53. The second kappa shape index (κ2) is 6.70. The van der Waals surface area contributed by atoms with E-state index in [1.165, 1.54) is 32.1 Å². The van der Waals surface area contributed by atoms with E-state index in [-0.39, 0.29) is 11.5 Å². The Morgan fingerprint density at radius 3 is 2.16 bits per heavy atom. The van der Waals surface area contributed by atoms with Crippen LogP contribution in [-0.2, 0) is 14.4 Å². The lowest BCUT2D eigenvalue weighted by Gasteiger charge is -2.09. The van der Waals surface area contributed by atoms with Gasteiger partial charge in [-0.05, 0) is 35.4 Å². The van der Waals surface area contributed by atoms with Gasteiger partial charge in [-0.1, -0.05) is 12.1 Å². The van der Waals surface area contributed by atoms with Crippen molar-refractivity contribution in [2.24, 2.45) is 0 Å². The summed E-state index contributed by atoms with van der Waals surface area (Å²) < 4.78 is 9.82. The first-order valence-electron chi connectivity index (χ1n) is 5.27. The SMILES string of the molecule is CC(=O)Oc1ccc(/C=C/C(=O)Cl)cc1OC(C)=O. The normalized spacial score (nSPS) is 10.3. The Bertz CT molecular complexity index is 548. The van der Waals surface area contributed by atoms with Gasteiger partial charge in [0.15, 0.2) is 11.5 Å². The molecule has 5 nitrogen and oxygen atoms in total. The molecule has 0 heterocycles. The zero-order valence-corrected chi connectivity index (χ0v) is 11.1. The Labute approximate surface area is 114 Å². The third kappa shape index (κ3) is 5.35. The molecule has 0 bridgehead atoms. The van der Waals surface area contributed by atoms with Crippen LogP contribution in [-0.4, -0.2) is 17.2 Å². The van der Waals surface area contributed by atoms with Crippen molar-refractivity contribution in [1.82, 2.24) is 0 Å². The van der Waals surface area contributed by atoms with Gasteiger partial charge < -0.3 is 9.47 Å². The van der Waals surface area contributed by atoms with Gasteiger partial charge in [0.2, 0.25) is 5.24 Å². The zero-order chi connectivity index (χ0) is 14.4. The maximum Gasteiger partial charge on any atom is 0.308 e. The first-order valence-corrected chi connectivity index (χ1v) is 5.64. The number of carbonyl (C=O) groups excluding carboxylic acids is 3. The van der Waals surface area contributed by atoms with Gasteiger partial charge >= 0.3 is 11.9 Å². The van der Waals surface area contributed by atoms with Crippen LogP contribution in [0.4, 0.5) is 0 Å². The summed E-state index contributed by atoms with van der Waals surface area (Å²) in [5.41, 5.74) is 0.571. The van der Waals surface area contributed by atoms with E-state index in [4.69, 9.17) is 21.1 Å². The van der Waals surface area contributed by atoms with Crippen LogP contribution in [0, 0.1) is 0 Å². The van der Waals surface area contributed by atoms with E-state index < -0.39 is 17.2 Å². The molecule has 0 radical (unpaired) electrons. The smallest absolute Gasteiger partial charge is 0.308 e. The lowest BCUT2D eigenvalue weighted by Crippen LogP contribution is -2.07. The number of ether oxygens (including phenoxy) is 2. The molecule has 0 aliphatic carbocycles. The number of rotatable bonds is 4. The number of hydrogen-bond donors (Lipinski definition) is 0. The molecule has 0 aromatic heterocycles.